The van der Waals surface area contributed by atoms with Crippen LogP contribution in [0.4, 0.5) is 0 Å². The highest BCUT2D eigenvalue weighted by Crippen LogP contribution is 2.37. The fourth-order valence-electron chi connectivity index (χ4n) is 2.11. The van der Waals surface area contributed by atoms with Gasteiger partial charge in [0.2, 0.25) is 8.32 Å². The highest BCUT2D eigenvalue weighted by Gasteiger charge is 2.39. The van der Waals surface area contributed by atoms with Crippen molar-refractivity contribution in [1.82, 2.24) is 4.90 Å². The van der Waals surface area contributed by atoms with E-state index in [1.54, 1.807) is 24.1 Å². The van der Waals surface area contributed by atoms with Crippen LogP contribution in [-0.4, -0.2) is 52.4 Å². The molecule has 0 unspecified atom stereocenters. The molecule has 0 spiro atoms. The molecule has 2 rings (SSSR count). The largest absolute Gasteiger partial charge is 0.636 e. The number of likely N-dealkylation sites (N-methyl/N-ethyl adjacent to an activating group) is 1. The van der Waals surface area contributed by atoms with Gasteiger partial charge in [0.15, 0.2) is 0 Å². The standard InChI is InChI=1S/C17H26BNO5Si/c1-17(2,3)25(5,6)24-14-9-7-13(8-10-14)18-22-15(20)11-19(4)12-16(21)23-18/h7-10H,11-12H2,1-6H3. The number of nitrogens with zero attached hydrogens (tertiary/aromatic N) is 1. The van der Waals surface area contributed by atoms with E-state index in [2.05, 4.69) is 33.9 Å². The molecule has 1 aromatic rings. The molecule has 1 aromatic carbocycles. The molecular weight excluding hydrogens is 337 g/mol. The molecule has 25 heavy (non-hydrogen) atoms. The number of carbonyl (C=O) groups is 2. The van der Waals surface area contributed by atoms with Crippen molar-refractivity contribution < 1.29 is 23.3 Å². The number of hydrogen-bond donors (Lipinski definition) is 0. The lowest BCUT2D eigenvalue weighted by atomic mass is 9.78. The Morgan fingerprint density at radius 3 is 1.96 bits per heavy atom. The summed E-state index contributed by atoms with van der Waals surface area (Å²) >= 11 is 0. The van der Waals surface area contributed by atoms with E-state index in [9.17, 15) is 9.59 Å². The molecule has 0 N–H and O–H groups in total. The monoisotopic (exact) mass is 363 g/mol. The Kier molecular flexibility index (Phi) is 5.63. The quantitative estimate of drug-likeness (QED) is 0.763. The number of hydrogen-bond acceptors (Lipinski definition) is 6. The van der Waals surface area contributed by atoms with Gasteiger partial charge < -0.3 is 13.7 Å². The second kappa shape index (κ2) is 7.21. The summed E-state index contributed by atoms with van der Waals surface area (Å²) in [6, 6.07) is 7.17. The van der Waals surface area contributed by atoms with Crippen LogP contribution in [0.15, 0.2) is 24.3 Å². The molecule has 0 bridgehead atoms. The third-order valence-corrected chi connectivity index (χ3v) is 8.96. The van der Waals surface area contributed by atoms with Gasteiger partial charge in [-0.3, -0.25) is 14.5 Å². The van der Waals surface area contributed by atoms with Crippen molar-refractivity contribution >= 4 is 32.8 Å². The Bertz CT molecular complexity index is 621. The average molecular weight is 363 g/mol. The lowest BCUT2D eigenvalue weighted by Gasteiger charge is -2.36. The molecule has 0 aliphatic carbocycles. The lowest BCUT2D eigenvalue weighted by molar-refractivity contribution is -0.145. The number of benzene rings is 1. The fraction of sp³-hybridized carbons (Fsp3) is 0.529. The predicted molar refractivity (Wildman–Crippen MR) is 99.3 cm³/mol. The second-order valence-corrected chi connectivity index (χ2v) is 12.6. The molecule has 1 fully saturated rings. The van der Waals surface area contributed by atoms with Crippen LogP contribution in [0.25, 0.3) is 0 Å². The lowest BCUT2D eigenvalue weighted by Crippen LogP contribution is -2.48. The highest BCUT2D eigenvalue weighted by molar-refractivity contribution is 6.74. The molecule has 6 nitrogen and oxygen atoms in total. The minimum Gasteiger partial charge on any atom is -0.544 e. The zero-order valence-electron chi connectivity index (χ0n) is 15.8. The fourth-order valence-corrected chi connectivity index (χ4v) is 3.14. The Balaban J connectivity index is 2.13. The van der Waals surface area contributed by atoms with Gasteiger partial charge in [0.1, 0.15) is 5.75 Å². The highest BCUT2D eigenvalue weighted by atomic mass is 28.4. The normalized spacial score (nSPS) is 17.4. The van der Waals surface area contributed by atoms with Crippen molar-refractivity contribution in [3.63, 3.8) is 0 Å². The first-order chi connectivity index (χ1) is 11.5. The summed E-state index contributed by atoms with van der Waals surface area (Å²) in [6.07, 6.45) is 0. The van der Waals surface area contributed by atoms with Gasteiger partial charge in [0, 0.05) is 5.46 Å². The van der Waals surface area contributed by atoms with Crippen LogP contribution in [0.1, 0.15) is 20.8 Å². The van der Waals surface area contributed by atoms with E-state index in [1.807, 2.05) is 12.1 Å². The molecule has 0 atom stereocenters. The summed E-state index contributed by atoms with van der Waals surface area (Å²) in [5, 5.41) is 0.0995. The molecule has 8 heteroatoms. The number of rotatable bonds is 3. The summed E-state index contributed by atoms with van der Waals surface area (Å²) < 4.78 is 16.7. The summed E-state index contributed by atoms with van der Waals surface area (Å²) in [5.41, 5.74) is 0.605. The summed E-state index contributed by atoms with van der Waals surface area (Å²) in [4.78, 5) is 25.2. The smallest absolute Gasteiger partial charge is 0.544 e. The first-order valence-corrected chi connectivity index (χ1v) is 11.3. The van der Waals surface area contributed by atoms with E-state index in [1.165, 1.54) is 0 Å². The van der Waals surface area contributed by atoms with Crippen LogP contribution in [0.3, 0.4) is 0 Å². The summed E-state index contributed by atoms with van der Waals surface area (Å²) in [5.74, 6) is -0.0956. The molecule has 1 aliphatic heterocycles. The molecule has 1 saturated heterocycles. The minimum atomic E-state index is -1.92. The first-order valence-electron chi connectivity index (χ1n) is 8.34. The van der Waals surface area contributed by atoms with Crippen LogP contribution in [0.5, 0.6) is 5.75 Å². The zero-order valence-corrected chi connectivity index (χ0v) is 16.8. The molecule has 136 valence electrons. The van der Waals surface area contributed by atoms with E-state index >= 15 is 0 Å². The Morgan fingerprint density at radius 1 is 1.04 bits per heavy atom. The molecular formula is C17H26BNO5Si. The van der Waals surface area contributed by atoms with E-state index in [4.69, 9.17) is 13.7 Å². The number of carbonyl (C=O) groups excluding carboxylic acids is 2. The predicted octanol–water partition coefficient (Wildman–Crippen LogP) is 1.80. The molecule has 0 saturated carbocycles. The Labute approximate surface area is 150 Å². The maximum atomic E-state index is 11.8. The van der Waals surface area contributed by atoms with Gasteiger partial charge in [-0.25, -0.2) is 0 Å². The van der Waals surface area contributed by atoms with Crippen molar-refractivity contribution in [2.75, 3.05) is 20.1 Å². The van der Waals surface area contributed by atoms with E-state index in [-0.39, 0.29) is 18.1 Å². The van der Waals surface area contributed by atoms with Gasteiger partial charge in [0.25, 0.3) is 0 Å². The molecule has 0 radical (unpaired) electrons. The topological polar surface area (TPSA) is 65.1 Å². The van der Waals surface area contributed by atoms with Gasteiger partial charge >= 0.3 is 19.1 Å². The Hall–Kier alpha value is -1.80. The van der Waals surface area contributed by atoms with E-state index < -0.39 is 27.4 Å². The van der Waals surface area contributed by atoms with Crippen LogP contribution in [0, 0.1) is 0 Å². The van der Waals surface area contributed by atoms with Crippen LogP contribution >= 0.6 is 0 Å². The minimum absolute atomic E-state index is 0.0537. The van der Waals surface area contributed by atoms with E-state index in [0.29, 0.717) is 5.46 Å². The SMILES string of the molecule is CN1CC(=O)OB(c2ccc(O[Si](C)(C)C(C)(C)C)cc2)OC(=O)C1. The van der Waals surface area contributed by atoms with Gasteiger partial charge in [0.05, 0.1) is 13.1 Å². The molecule has 0 amide bonds. The van der Waals surface area contributed by atoms with Crippen LogP contribution < -0.4 is 9.89 Å². The van der Waals surface area contributed by atoms with Gasteiger partial charge in [-0.2, -0.15) is 0 Å². The third kappa shape index (κ3) is 5.09. The maximum Gasteiger partial charge on any atom is 0.636 e. The van der Waals surface area contributed by atoms with Crippen molar-refractivity contribution in [1.29, 1.82) is 0 Å². The summed E-state index contributed by atoms with van der Waals surface area (Å²) in [7, 11) is -1.28. The van der Waals surface area contributed by atoms with Crippen molar-refractivity contribution in [2.45, 2.75) is 38.9 Å². The van der Waals surface area contributed by atoms with Crippen molar-refractivity contribution in [2.24, 2.45) is 0 Å². The first kappa shape index (κ1) is 19.5. The van der Waals surface area contributed by atoms with Gasteiger partial charge in [-0.05, 0) is 37.3 Å². The Morgan fingerprint density at radius 2 is 1.52 bits per heavy atom. The van der Waals surface area contributed by atoms with E-state index in [0.717, 1.165) is 5.75 Å². The molecule has 1 heterocycles. The maximum absolute atomic E-state index is 11.8. The average Bonchev–Trinajstić information content (AvgIpc) is 2.44. The van der Waals surface area contributed by atoms with Gasteiger partial charge in [-0.15, -0.1) is 0 Å². The van der Waals surface area contributed by atoms with Crippen LogP contribution in [-0.2, 0) is 18.9 Å². The molecule has 0 aromatic heterocycles. The van der Waals surface area contributed by atoms with Gasteiger partial charge in [-0.1, -0.05) is 32.9 Å². The van der Waals surface area contributed by atoms with Crippen molar-refractivity contribution in [3.8, 4) is 5.75 Å². The summed E-state index contributed by atoms with van der Waals surface area (Å²) in [6.45, 7) is 11.0. The third-order valence-electron chi connectivity index (χ3n) is 4.61. The van der Waals surface area contributed by atoms with Crippen molar-refractivity contribution in [3.05, 3.63) is 24.3 Å². The molecule has 1 aliphatic rings. The van der Waals surface area contributed by atoms with Crippen LogP contribution in [0.2, 0.25) is 18.1 Å². The second-order valence-electron chi connectivity index (χ2n) is 7.92. The zero-order chi connectivity index (χ0) is 18.8.